The van der Waals surface area contributed by atoms with E-state index in [2.05, 4.69) is 35.7 Å². The Kier molecular flexibility index (Phi) is 3.93. The molecule has 8 heteroatoms. The maximum atomic E-state index is 5.34. The predicted molar refractivity (Wildman–Crippen MR) is 77.0 cm³/mol. The Labute approximate surface area is 116 Å². The van der Waals surface area contributed by atoms with Gasteiger partial charge in [-0.1, -0.05) is 0 Å². The Morgan fingerprint density at radius 3 is 3.00 bits per heavy atom. The zero-order valence-electron chi connectivity index (χ0n) is 11.5. The van der Waals surface area contributed by atoms with E-state index in [4.69, 9.17) is 4.74 Å². The molecule has 2 aromatic rings. The molecule has 0 amide bonds. The van der Waals surface area contributed by atoms with Crippen LogP contribution in [-0.4, -0.2) is 71.5 Å². The Balaban J connectivity index is 1.65. The van der Waals surface area contributed by atoms with Crippen LogP contribution in [0.5, 0.6) is 0 Å². The summed E-state index contributed by atoms with van der Waals surface area (Å²) >= 11 is 0. The molecule has 0 radical (unpaired) electrons. The van der Waals surface area contributed by atoms with Gasteiger partial charge < -0.3 is 15.4 Å². The number of ether oxygens (including phenoxy) is 1. The van der Waals surface area contributed by atoms with Gasteiger partial charge in [0, 0.05) is 33.2 Å². The molecule has 0 saturated carbocycles. The summed E-state index contributed by atoms with van der Waals surface area (Å²) in [6, 6.07) is 0. The van der Waals surface area contributed by atoms with Crippen molar-refractivity contribution in [2.75, 3.05) is 57.1 Å². The van der Waals surface area contributed by atoms with Gasteiger partial charge >= 0.3 is 0 Å². The van der Waals surface area contributed by atoms with Crippen LogP contribution >= 0.6 is 0 Å². The van der Waals surface area contributed by atoms with Crippen molar-refractivity contribution < 1.29 is 4.74 Å². The Bertz CT molecular complexity index is 564. The van der Waals surface area contributed by atoms with Gasteiger partial charge in [-0.3, -0.25) is 10.00 Å². The molecule has 0 aromatic carbocycles. The summed E-state index contributed by atoms with van der Waals surface area (Å²) in [6.45, 7) is 5.44. The first kappa shape index (κ1) is 13.1. The number of fused-ring (bicyclic) bond motifs is 1. The molecule has 0 atom stereocenters. The minimum absolute atomic E-state index is 0.579. The lowest BCUT2D eigenvalue weighted by atomic mass is 10.3. The summed E-state index contributed by atoms with van der Waals surface area (Å²) in [5, 5.41) is 14.1. The normalized spacial score (nSPS) is 16.4. The highest BCUT2D eigenvalue weighted by Crippen LogP contribution is 2.19. The van der Waals surface area contributed by atoms with Crippen molar-refractivity contribution in [2.24, 2.45) is 0 Å². The van der Waals surface area contributed by atoms with E-state index in [-0.39, 0.29) is 0 Å². The highest BCUT2D eigenvalue weighted by Gasteiger charge is 2.11. The molecule has 2 aromatic heterocycles. The molecular formula is C12H19N7O. The summed E-state index contributed by atoms with van der Waals surface area (Å²) < 4.78 is 5.34. The van der Waals surface area contributed by atoms with Crippen LogP contribution in [0.4, 0.5) is 11.8 Å². The van der Waals surface area contributed by atoms with Gasteiger partial charge in [0.15, 0.2) is 5.65 Å². The van der Waals surface area contributed by atoms with Crippen molar-refractivity contribution in [1.29, 1.82) is 0 Å². The van der Waals surface area contributed by atoms with E-state index in [1.165, 1.54) is 0 Å². The van der Waals surface area contributed by atoms with E-state index in [9.17, 15) is 0 Å². The summed E-state index contributed by atoms with van der Waals surface area (Å²) in [6.07, 6.45) is 1.74. The maximum absolute atomic E-state index is 5.34. The maximum Gasteiger partial charge on any atom is 0.226 e. The molecule has 1 fully saturated rings. The van der Waals surface area contributed by atoms with Crippen LogP contribution in [0, 0.1) is 0 Å². The summed E-state index contributed by atoms with van der Waals surface area (Å²) in [5.74, 6) is 1.39. The SMILES string of the molecule is CNc1nc(NCCN2CCOCC2)c2cn[nH]c2n1. The molecule has 0 bridgehead atoms. The van der Waals surface area contributed by atoms with E-state index in [0.717, 1.165) is 56.2 Å². The van der Waals surface area contributed by atoms with Gasteiger partial charge in [-0.05, 0) is 0 Å². The number of aromatic amines is 1. The highest BCUT2D eigenvalue weighted by atomic mass is 16.5. The lowest BCUT2D eigenvalue weighted by Crippen LogP contribution is -2.39. The van der Waals surface area contributed by atoms with Crippen LogP contribution in [0.25, 0.3) is 11.0 Å². The monoisotopic (exact) mass is 277 g/mol. The van der Waals surface area contributed by atoms with Gasteiger partial charge in [-0.15, -0.1) is 0 Å². The molecule has 20 heavy (non-hydrogen) atoms. The molecule has 3 heterocycles. The van der Waals surface area contributed by atoms with Gasteiger partial charge in [-0.2, -0.15) is 15.1 Å². The topological polar surface area (TPSA) is 91.0 Å². The zero-order valence-corrected chi connectivity index (χ0v) is 11.5. The third-order valence-corrected chi connectivity index (χ3v) is 3.36. The first-order chi connectivity index (χ1) is 9.86. The number of aromatic nitrogens is 4. The Hall–Kier alpha value is -1.93. The summed E-state index contributed by atoms with van der Waals surface area (Å²) in [7, 11) is 1.80. The molecule has 3 N–H and O–H groups in total. The minimum Gasteiger partial charge on any atom is -0.379 e. The van der Waals surface area contributed by atoms with Crippen LogP contribution in [0.15, 0.2) is 6.20 Å². The number of nitrogens with zero attached hydrogens (tertiary/aromatic N) is 4. The fraction of sp³-hybridized carbons (Fsp3) is 0.583. The van der Waals surface area contributed by atoms with Gasteiger partial charge in [0.05, 0.1) is 24.8 Å². The van der Waals surface area contributed by atoms with Crippen molar-refractivity contribution in [3.63, 3.8) is 0 Å². The van der Waals surface area contributed by atoms with Crippen LogP contribution in [0.2, 0.25) is 0 Å². The lowest BCUT2D eigenvalue weighted by Gasteiger charge is -2.26. The molecule has 8 nitrogen and oxygen atoms in total. The molecule has 108 valence electrons. The first-order valence-electron chi connectivity index (χ1n) is 6.79. The number of hydrogen-bond donors (Lipinski definition) is 3. The van der Waals surface area contributed by atoms with E-state index < -0.39 is 0 Å². The van der Waals surface area contributed by atoms with Gasteiger partial charge in [-0.25, -0.2) is 0 Å². The average molecular weight is 277 g/mol. The molecule has 0 spiro atoms. The van der Waals surface area contributed by atoms with Crippen molar-refractivity contribution in [3.05, 3.63) is 6.20 Å². The molecule has 0 unspecified atom stereocenters. The largest absolute Gasteiger partial charge is 0.379 e. The van der Waals surface area contributed by atoms with E-state index in [0.29, 0.717) is 5.95 Å². The summed E-state index contributed by atoms with van der Waals surface area (Å²) in [5.41, 5.74) is 0.734. The number of H-pyrrole nitrogens is 1. The molecule has 0 aliphatic carbocycles. The number of anilines is 2. The third-order valence-electron chi connectivity index (χ3n) is 3.36. The lowest BCUT2D eigenvalue weighted by molar-refractivity contribution is 0.0398. The Morgan fingerprint density at radius 1 is 1.35 bits per heavy atom. The van der Waals surface area contributed by atoms with E-state index >= 15 is 0 Å². The fourth-order valence-corrected chi connectivity index (χ4v) is 2.24. The molecular weight excluding hydrogens is 258 g/mol. The van der Waals surface area contributed by atoms with Crippen LogP contribution in [-0.2, 0) is 4.74 Å². The molecule has 1 saturated heterocycles. The fourth-order valence-electron chi connectivity index (χ4n) is 2.24. The van der Waals surface area contributed by atoms with Crippen LogP contribution in [0.1, 0.15) is 0 Å². The number of morpholine rings is 1. The second-order valence-corrected chi connectivity index (χ2v) is 4.66. The van der Waals surface area contributed by atoms with Crippen LogP contribution < -0.4 is 10.6 Å². The van der Waals surface area contributed by atoms with Crippen molar-refractivity contribution in [1.82, 2.24) is 25.1 Å². The second-order valence-electron chi connectivity index (χ2n) is 4.66. The first-order valence-corrected chi connectivity index (χ1v) is 6.79. The standard InChI is InChI=1S/C12H19N7O/c1-13-12-16-10(9-8-15-18-11(9)17-12)14-2-3-19-4-6-20-7-5-19/h8H,2-7H2,1H3,(H3,13,14,15,16,17,18). The number of rotatable bonds is 5. The third kappa shape index (κ3) is 2.81. The molecule has 1 aliphatic rings. The van der Waals surface area contributed by atoms with Crippen molar-refractivity contribution in [3.8, 4) is 0 Å². The number of nitrogens with one attached hydrogen (secondary N) is 3. The summed E-state index contributed by atoms with van der Waals surface area (Å²) in [4.78, 5) is 11.1. The van der Waals surface area contributed by atoms with E-state index in [1.807, 2.05) is 0 Å². The Morgan fingerprint density at radius 2 is 2.20 bits per heavy atom. The highest BCUT2D eigenvalue weighted by molar-refractivity contribution is 5.86. The van der Waals surface area contributed by atoms with Gasteiger partial charge in [0.25, 0.3) is 0 Å². The van der Waals surface area contributed by atoms with Crippen LogP contribution in [0.3, 0.4) is 0 Å². The molecule has 3 rings (SSSR count). The van der Waals surface area contributed by atoms with Gasteiger partial charge in [0.2, 0.25) is 5.95 Å². The van der Waals surface area contributed by atoms with E-state index in [1.54, 1.807) is 13.2 Å². The number of hydrogen-bond acceptors (Lipinski definition) is 7. The van der Waals surface area contributed by atoms with Crippen molar-refractivity contribution in [2.45, 2.75) is 0 Å². The predicted octanol–water partition coefficient (Wildman–Crippen LogP) is 0.139. The average Bonchev–Trinajstić information content (AvgIpc) is 2.96. The smallest absolute Gasteiger partial charge is 0.226 e. The molecule has 1 aliphatic heterocycles. The minimum atomic E-state index is 0.579. The quantitative estimate of drug-likeness (QED) is 0.716. The van der Waals surface area contributed by atoms with Gasteiger partial charge in [0.1, 0.15) is 5.82 Å². The van der Waals surface area contributed by atoms with Crippen molar-refractivity contribution >= 4 is 22.8 Å². The zero-order chi connectivity index (χ0) is 13.8. The second kappa shape index (κ2) is 6.02.